The minimum Gasteiger partial charge on any atom is -0.0651 e. The normalized spacial score (nSPS) is 11.9. The highest BCUT2D eigenvalue weighted by atomic mass is 14.3. The van der Waals surface area contributed by atoms with E-state index in [0.717, 1.165) is 25.7 Å². The Bertz CT molecular complexity index is 1770. The Morgan fingerprint density at radius 3 is 1.25 bits per heavy atom. The molecule has 0 unspecified atom stereocenters. The topological polar surface area (TPSA) is 0 Å². The highest BCUT2D eigenvalue weighted by Crippen LogP contribution is 2.56. The number of aryl methyl sites for hydroxylation is 2. The second kappa shape index (κ2) is 9.79. The fourth-order valence-electron chi connectivity index (χ4n) is 7.44. The minimum absolute atomic E-state index is 1.06. The number of hydrogen-bond acceptors (Lipinski definition) is 0. The lowest BCUT2D eigenvalue weighted by Crippen LogP contribution is -2.05. The first-order chi connectivity index (χ1) is 19.7. The fourth-order valence-corrected chi connectivity index (χ4v) is 7.44. The van der Waals surface area contributed by atoms with Crippen LogP contribution in [0.15, 0.2) is 97.1 Å². The van der Waals surface area contributed by atoms with E-state index in [9.17, 15) is 0 Å². The van der Waals surface area contributed by atoms with E-state index in [1.165, 1.54) is 88.3 Å². The number of fused-ring (bicyclic) bond motifs is 4. The summed E-state index contributed by atoms with van der Waals surface area (Å²) in [5.74, 6) is 0. The Hall–Kier alpha value is -4.16. The van der Waals surface area contributed by atoms with Crippen molar-refractivity contribution in [3.63, 3.8) is 0 Å². The van der Waals surface area contributed by atoms with Crippen LogP contribution in [0.3, 0.4) is 0 Å². The summed E-state index contributed by atoms with van der Waals surface area (Å²) < 4.78 is 0. The molecule has 0 N–H and O–H groups in total. The van der Waals surface area contributed by atoms with Crippen molar-refractivity contribution in [1.82, 2.24) is 0 Å². The van der Waals surface area contributed by atoms with Crippen molar-refractivity contribution < 1.29 is 0 Å². The van der Waals surface area contributed by atoms with Gasteiger partial charge in [0.05, 0.1) is 0 Å². The summed E-state index contributed by atoms with van der Waals surface area (Å²) in [4.78, 5) is 0. The Kier molecular flexibility index (Phi) is 6.08. The molecule has 40 heavy (non-hydrogen) atoms. The van der Waals surface area contributed by atoms with E-state index in [4.69, 9.17) is 0 Å². The lowest BCUT2D eigenvalue weighted by Gasteiger charge is -2.27. The molecule has 0 radical (unpaired) electrons. The van der Waals surface area contributed by atoms with Gasteiger partial charge in [0.2, 0.25) is 0 Å². The first-order valence-corrected chi connectivity index (χ1v) is 14.9. The Morgan fingerprint density at radius 2 is 0.850 bits per heavy atom. The predicted molar refractivity (Wildman–Crippen MR) is 174 cm³/mol. The van der Waals surface area contributed by atoms with Gasteiger partial charge in [-0.25, -0.2) is 0 Å². The van der Waals surface area contributed by atoms with Crippen molar-refractivity contribution in [2.45, 2.75) is 53.4 Å². The average Bonchev–Trinajstić information content (AvgIpc) is 3.33. The van der Waals surface area contributed by atoms with Gasteiger partial charge in [-0.15, -0.1) is 0 Å². The molecule has 7 rings (SSSR count). The van der Waals surface area contributed by atoms with Gasteiger partial charge in [-0.05, 0) is 115 Å². The molecule has 0 heteroatoms. The quantitative estimate of drug-likeness (QED) is 0.206. The summed E-state index contributed by atoms with van der Waals surface area (Å²) in [6.07, 6.45) is 4.35. The summed E-state index contributed by atoms with van der Waals surface area (Å²) in [6, 6.07) is 36.1. The van der Waals surface area contributed by atoms with Crippen molar-refractivity contribution in [3.8, 4) is 44.5 Å². The van der Waals surface area contributed by atoms with Gasteiger partial charge in [0, 0.05) is 0 Å². The zero-order valence-electron chi connectivity index (χ0n) is 24.1. The number of rotatable bonds is 6. The zero-order valence-corrected chi connectivity index (χ0v) is 24.1. The number of benzene rings is 6. The Balaban J connectivity index is 1.80. The highest BCUT2D eigenvalue weighted by molar-refractivity contribution is 6.23. The van der Waals surface area contributed by atoms with Gasteiger partial charge in [-0.2, -0.15) is 0 Å². The van der Waals surface area contributed by atoms with E-state index < -0.39 is 0 Å². The van der Waals surface area contributed by atoms with Crippen LogP contribution in [0.2, 0.25) is 0 Å². The van der Waals surface area contributed by atoms with Crippen molar-refractivity contribution in [2.75, 3.05) is 0 Å². The third kappa shape index (κ3) is 3.52. The van der Waals surface area contributed by atoms with Crippen molar-refractivity contribution >= 4 is 21.5 Å². The van der Waals surface area contributed by atoms with Crippen LogP contribution in [0, 0.1) is 13.8 Å². The Morgan fingerprint density at radius 1 is 0.425 bits per heavy atom. The molecule has 1 aliphatic rings. The van der Waals surface area contributed by atoms with Crippen LogP contribution >= 0.6 is 0 Å². The molecular weight excluding hydrogens is 480 g/mol. The second-order valence-electron chi connectivity index (χ2n) is 11.4. The van der Waals surface area contributed by atoms with Crippen LogP contribution in [0.25, 0.3) is 66.1 Å². The van der Waals surface area contributed by atoms with Gasteiger partial charge in [0.15, 0.2) is 0 Å². The van der Waals surface area contributed by atoms with Gasteiger partial charge >= 0.3 is 0 Å². The molecule has 0 bridgehead atoms. The molecule has 0 atom stereocenters. The second-order valence-corrected chi connectivity index (χ2v) is 11.4. The molecule has 1 aliphatic carbocycles. The van der Waals surface area contributed by atoms with E-state index in [1.54, 1.807) is 0 Å². The van der Waals surface area contributed by atoms with Crippen LogP contribution in [0.1, 0.15) is 48.9 Å². The monoisotopic (exact) mass is 516 g/mol. The number of hydrogen-bond donors (Lipinski definition) is 0. The molecule has 0 saturated carbocycles. The van der Waals surface area contributed by atoms with Gasteiger partial charge in [-0.1, -0.05) is 124 Å². The van der Waals surface area contributed by atoms with Crippen LogP contribution in [0.5, 0.6) is 0 Å². The van der Waals surface area contributed by atoms with Crippen molar-refractivity contribution in [3.05, 3.63) is 119 Å². The fraction of sp³-hybridized carbons (Fsp3) is 0.200. The van der Waals surface area contributed by atoms with Gasteiger partial charge in [0.25, 0.3) is 0 Å². The van der Waals surface area contributed by atoms with Crippen LogP contribution in [-0.2, 0) is 12.8 Å². The standard InChI is InChI=1S/C40H36/c1-5-15-30-37-32-23-13-21-29-22-14-24-33(36(29)32)38(37)31(16-6-2)40-35(28-19-11-8-12-20-28)26(4)25(3)34(39(30)40)27-17-9-7-10-18-27/h7-14,17-24H,5-6,15-16H2,1-4H3. The molecule has 0 aromatic heterocycles. The van der Waals surface area contributed by atoms with E-state index in [0.29, 0.717) is 0 Å². The predicted octanol–water partition coefficient (Wildman–Crippen LogP) is 11.5. The van der Waals surface area contributed by atoms with Gasteiger partial charge in [-0.3, -0.25) is 0 Å². The lowest BCUT2D eigenvalue weighted by molar-refractivity contribution is 0.920. The Labute approximate surface area is 238 Å². The molecule has 0 heterocycles. The third-order valence-electron chi connectivity index (χ3n) is 9.09. The molecule has 6 aromatic carbocycles. The zero-order chi connectivity index (χ0) is 27.4. The van der Waals surface area contributed by atoms with Gasteiger partial charge in [0.1, 0.15) is 0 Å². The molecule has 0 fully saturated rings. The van der Waals surface area contributed by atoms with Gasteiger partial charge < -0.3 is 0 Å². The molecule has 0 nitrogen and oxygen atoms in total. The summed E-state index contributed by atoms with van der Waals surface area (Å²) in [5.41, 5.74) is 17.1. The molecule has 0 spiro atoms. The smallest absolute Gasteiger partial charge is 0.00262 e. The maximum atomic E-state index is 2.37. The van der Waals surface area contributed by atoms with E-state index in [-0.39, 0.29) is 0 Å². The molecule has 0 aliphatic heterocycles. The first kappa shape index (κ1) is 24.9. The largest absolute Gasteiger partial charge is 0.0651 e. The average molecular weight is 517 g/mol. The third-order valence-corrected chi connectivity index (χ3v) is 9.09. The van der Waals surface area contributed by atoms with E-state index >= 15 is 0 Å². The summed E-state index contributed by atoms with van der Waals surface area (Å²) >= 11 is 0. The molecule has 0 saturated heterocycles. The summed E-state index contributed by atoms with van der Waals surface area (Å²) in [7, 11) is 0. The highest BCUT2D eigenvalue weighted by Gasteiger charge is 2.32. The molecule has 6 aromatic rings. The minimum atomic E-state index is 1.06. The van der Waals surface area contributed by atoms with Crippen LogP contribution in [0.4, 0.5) is 0 Å². The summed E-state index contributed by atoms with van der Waals surface area (Å²) in [5, 5.41) is 5.73. The maximum absolute atomic E-state index is 2.37. The SMILES string of the molecule is CCCc1c2c(c(CCC)c3c(-c4ccccc4)c(C)c(C)c(-c4ccccc4)c13)-c1cccc3cccc-2c13. The van der Waals surface area contributed by atoms with Crippen LogP contribution < -0.4 is 0 Å². The van der Waals surface area contributed by atoms with Crippen molar-refractivity contribution in [1.29, 1.82) is 0 Å². The van der Waals surface area contributed by atoms with Crippen LogP contribution in [-0.4, -0.2) is 0 Å². The van der Waals surface area contributed by atoms with E-state index in [1.807, 2.05) is 0 Å². The first-order valence-electron chi connectivity index (χ1n) is 14.9. The molecule has 196 valence electrons. The maximum Gasteiger partial charge on any atom is -0.00262 e. The molecular formula is C40H36. The summed E-state index contributed by atoms with van der Waals surface area (Å²) in [6.45, 7) is 9.37. The molecule has 0 amide bonds. The lowest BCUT2D eigenvalue weighted by atomic mass is 9.76. The van der Waals surface area contributed by atoms with E-state index in [2.05, 4.69) is 125 Å². The van der Waals surface area contributed by atoms with Crippen molar-refractivity contribution in [2.24, 2.45) is 0 Å².